The molecule has 0 unspecified atom stereocenters. The van der Waals surface area contributed by atoms with Gasteiger partial charge in [0.15, 0.2) is 0 Å². The quantitative estimate of drug-likeness (QED) is 0.759. The third-order valence-electron chi connectivity index (χ3n) is 2.29. The van der Waals surface area contributed by atoms with Crippen LogP contribution in [0.2, 0.25) is 5.02 Å². The molecule has 0 aromatic heterocycles. The predicted molar refractivity (Wildman–Crippen MR) is 69.2 cm³/mol. The average molecular weight is 253 g/mol. The van der Waals surface area contributed by atoms with E-state index in [4.69, 9.17) is 21.6 Å². The Balaban J connectivity index is 2.63. The van der Waals surface area contributed by atoms with Crippen molar-refractivity contribution in [2.45, 2.75) is 26.3 Å². The van der Waals surface area contributed by atoms with Crippen LogP contribution in [-0.4, -0.2) is 13.2 Å². The minimum absolute atomic E-state index is 0.507. The molecule has 0 amide bonds. The van der Waals surface area contributed by atoms with Crippen molar-refractivity contribution in [2.75, 3.05) is 13.2 Å². The van der Waals surface area contributed by atoms with Crippen LogP contribution in [0.4, 0.5) is 0 Å². The molecule has 0 saturated carbocycles. The van der Waals surface area contributed by atoms with Crippen LogP contribution < -0.4 is 10.1 Å². The van der Waals surface area contributed by atoms with E-state index >= 15 is 0 Å². The Kier molecular flexibility index (Phi) is 6.46. The van der Waals surface area contributed by atoms with Crippen LogP contribution in [0.15, 0.2) is 18.2 Å². The Morgan fingerprint density at radius 1 is 1.47 bits per heavy atom. The van der Waals surface area contributed by atoms with Gasteiger partial charge in [-0.25, -0.2) is 0 Å². The maximum absolute atomic E-state index is 8.45. The van der Waals surface area contributed by atoms with Gasteiger partial charge in [0.05, 0.1) is 17.7 Å². The molecule has 0 fully saturated rings. The van der Waals surface area contributed by atoms with E-state index in [0.29, 0.717) is 18.1 Å². The Morgan fingerprint density at radius 3 is 3.00 bits per heavy atom. The van der Waals surface area contributed by atoms with Crippen LogP contribution >= 0.6 is 11.6 Å². The lowest BCUT2D eigenvalue weighted by molar-refractivity contribution is 0.309. The van der Waals surface area contributed by atoms with E-state index in [9.17, 15) is 0 Å². The minimum atomic E-state index is 0.507. The highest BCUT2D eigenvalue weighted by atomic mass is 35.5. The van der Waals surface area contributed by atoms with Gasteiger partial charge in [0.1, 0.15) is 5.75 Å². The van der Waals surface area contributed by atoms with Gasteiger partial charge in [0, 0.05) is 18.5 Å². The number of rotatable bonds is 7. The van der Waals surface area contributed by atoms with Crippen LogP contribution in [0.1, 0.15) is 25.3 Å². The van der Waals surface area contributed by atoms with Gasteiger partial charge in [0.25, 0.3) is 0 Å². The first-order chi connectivity index (χ1) is 8.29. The molecule has 0 aliphatic rings. The lowest BCUT2D eigenvalue weighted by Crippen LogP contribution is -2.13. The number of para-hydroxylation sites is 1. The third kappa shape index (κ3) is 4.64. The van der Waals surface area contributed by atoms with Crippen molar-refractivity contribution < 1.29 is 4.74 Å². The summed E-state index contributed by atoms with van der Waals surface area (Å²) in [5.41, 5.74) is 1.05. The van der Waals surface area contributed by atoms with E-state index in [-0.39, 0.29) is 0 Å². The van der Waals surface area contributed by atoms with Gasteiger partial charge in [-0.1, -0.05) is 30.7 Å². The Morgan fingerprint density at radius 2 is 2.29 bits per heavy atom. The molecule has 0 saturated heterocycles. The fourth-order valence-electron chi connectivity index (χ4n) is 1.44. The Labute approximate surface area is 107 Å². The third-order valence-corrected chi connectivity index (χ3v) is 2.59. The molecule has 1 N–H and O–H groups in total. The molecule has 0 aliphatic carbocycles. The maximum atomic E-state index is 8.45. The second-order valence-corrected chi connectivity index (χ2v) is 4.03. The summed E-state index contributed by atoms with van der Waals surface area (Å²) < 4.78 is 5.64. The highest BCUT2D eigenvalue weighted by Crippen LogP contribution is 2.28. The van der Waals surface area contributed by atoms with E-state index in [1.165, 1.54) is 0 Å². The van der Waals surface area contributed by atoms with E-state index in [1.54, 1.807) is 0 Å². The van der Waals surface area contributed by atoms with Crippen LogP contribution in [0.5, 0.6) is 5.75 Å². The second-order valence-electron chi connectivity index (χ2n) is 3.62. The Bertz CT molecular complexity index is 387. The van der Waals surface area contributed by atoms with Gasteiger partial charge in [-0.2, -0.15) is 5.26 Å². The molecule has 0 aliphatic heterocycles. The smallest absolute Gasteiger partial charge is 0.142 e. The summed E-state index contributed by atoms with van der Waals surface area (Å²) in [5.74, 6) is 0.730. The molecular formula is C13H17ClN2O. The first kappa shape index (κ1) is 13.8. The van der Waals surface area contributed by atoms with Crippen molar-refractivity contribution in [2.24, 2.45) is 0 Å². The molecular weight excluding hydrogens is 236 g/mol. The monoisotopic (exact) mass is 252 g/mol. The van der Waals surface area contributed by atoms with Gasteiger partial charge in [-0.15, -0.1) is 0 Å². The van der Waals surface area contributed by atoms with Gasteiger partial charge in [0.2, 0.25) is 0 Å². The number of unbranched alkanes of at least 4 members (excludes halogenated alkanes) is 1. The summed E-state index contributed by atoms with van der Waals surface area (Å²) in [6, 6.07) is 7.82. The SMILES string of the molecule is CCNCc1cccc(Cl)c1OCCCC#N. The van der Waals surface area contributed by atoms with E-state index in [2.05, 4.69) is 18.3 Å². The molecule has 0 bridgehead atoms. The minimum Gasteiger partial charge on any atom is -0.492 e. The van der Waals surface area contributed by atoms with E-state index in [0.717, 1.165) is 30.8 Å². The summed E-state index contributed by atoms with van der Waals surface area (Å²) in [7, 11) is 0. The first-order valence-corrected chi connectivity index (χ1v) is 6.15. The standard InChI is InChI=1S/C13H17ClN2O/c1-2-16-10-11-6-5-7-12(14)13(11)17-9-4-3-8-15/h5-7,16H,2-4,9-10H2,1H3. The van der Waals surface area contributed by atoms with Crippen molar-refractivity contribution >= 4 is 11.6 Å². The summed E-state index contributed by atoms with van der Waals surface area (Å²) in [6.07, 6.45) is 1.23. The van der Waals surface area contributed by atoms with Crippen LogP contribution in [-0.2, 0) is 6.54 Å². The van der Waals surface area contributed by atoms with Gasteiger partial charge >= 0.3 is 0 Å². The van der Waals surface area contributed by atoms with Gasteiger partial charge < -0.3 is 10.1 Å². The number of nitrogens with one attached hydrogen (secondary N) is 1. The normalized spacial score (nSPS) is 9.94. The first-order valence-electron chi connectivity index (χ1n) is 5.77. The zero-order chi connectivity index (χ0) is 12.5. The highest BCUT2D eigenvalue weighted by molar-refractivity contribution is 6.32. The fraction of sp³-hybridized carbons (Fsp3) is 0.462. The van der Waals surface area contributed by atoms with Crippen molar-refractivity contribution in [3.8, 4) is 11.8 Å². The number of ether oxygens (including phenoxy) is 1. The number of nitrogens with zero attached hydrogens (tertiary/aromatic N) is 1. The highest BCUT2D eigenvalue weighted by Gasteiger charge is 2.07. The zero-order valence-corrected chi connectivity index (χ0v) is 10.8. The number of hydrogen-bond donors (Lipinski definition) is 1. The molecule has 92 valence electrons. The lowest BCUT2D eigenvalue weighted by Gasteiger charge is -2.12. The molecule has 0 atom stereocenters. The van der Waals surface area contributed by atoms with Gasteiger partial charge in [-0.3, -0.25) is 0 Å². The predicted octanol–water partition coefficient (Wildman–Crippen LogP) is 3.13. The summed E-state index contributed by atoms with van der Waals surface area (Å²) in [4.78, 5) is 0. The summed E-state index contributed by atoms with van der Waals surface area (Å²) >= 11 is 6.10. The van der Waals surface area contributed by atoms with Crippen LogP contribution in [0.25, 0.3) is 0 Å². The number of halogens is 1. The summed E-state index contributed by atoms with van der Waals surface area (Å²) in [6.45, 7) is 4.22. The Hall–Kier alpha value is -1.24. The van der Waals surface area contributed by atoms with E-state index in [1.807, 2.05) is 18.2 Å². The van der Waals surface area contributed by atoms with Gasteiger partial charge in [-0.05, 0) is 19.0 Å². The molecule has 3 nitrogen and oxygen atoms in total. The topological polar surface area (TPSA) is 45.0 Å². The fourth-order valence-corrected chi connectivity index (χ4v) is 1.69. The van der Waals surface area contributed by atoms with Crippen molar-refractivity contribution in [1.82, 2.24) is 5.32 Å². The van der Waals surface area contributed by atoms with Crippen molar-refractivity contribution in [3.05, 3.63) is 28.8 Å². The average Bonchev–Trinajstić information content (AvgIpc) is 2.34. The molecule has 1 rings (SSSR count). The zero-order valence-electron chi connectivity index (χ0n) is 10.0. The molecule has 0 heterocycles. The number of nitriles is 1. The number of hydrogen-bond acceptors (Lipinski definition) is 3. The maximum Gasteiger partial charge on any atom is 0.142 e. The largest absolute Gasteiger partial charge is 0.492 e. The molecule has 0 spiro atoms. The number of benzene rings is 1. The molecule has 1 aromatic carbocycles. The summed E-state index contributed by atoms with van der Waals surface area (Å²) in [5, 5.41) is 12.3. The second kappa shape index (κ2) is 7.94. The van der Waals surface area contributed by atoms with Crippen LogP contribution in [0, 0.1) is 11.3 Å². The lowest BCUT2D eigenvalue weighted by atomic mass is 10.2. The molecule has 0 radical (unpaired) electrons. The van der Waals surface area contributed by atoms with E-state index < -0.39 is 0 Å². The van der Waals surface area contributed by atoms with Crippen LogP contribution in [0.3, 0.4) is 0 Å². The van der Waals surface area contributed by atoms with Crippen molar-refractivity contribution in [1.29, 1.82) is 5.26 Å². The molecule has 17 heavy (non-hydrogen) atoms. The molecule has 1 aromatic rings. The van der Waals surface area contributed by atoms with Crippen molar-refractivity contribution in [3.63, 3.8) is 0 Å². The molecule has 4 heteroatoms.